The van der Waals surface area contributed by atoms with Crippen LogP contribution >= 0.6 is 0 Å². The normalized spacial score (nSPS) is 11.4. The Morgan fingerprint density at radius 3 is 2.33 bits per heavy atom. The number of nitrogens with one attached hydrogen (secondary N) is 2. The summed E-state index contributed by atoms with van der Waals surface area (Å²) in [4.78, 5) is 23.6. The Bertz CT molecular complexity index is 671. The highest BCUT2D eigenvalue weighted by Gasteiger charge is 2.13. The molecule has 0 saturated heterocycles. The standard InChI is InChI=1S/C18H20N2O4/c1-2-24-17(22)14-8-10-15(11-9-14)19-18(23)20-16(12-21)13-6-4-3-5-7-13/h3-11,16,21H,2,12H2,1H3,(H2,19,20,23)/t16-/m1/s1. The molecule has 2 aromatic carbocycles. The van der Waals surface area contributed by atoms with E-state index in [4.69, 9.17) is 4.74 Å². The third kappa shape index (κ3) is 4.82. The first-order valence-corrected chi connectivity index (χ1v) is 7.64. The molecule has 126 valence electrons. The summed E-state index contributed by atoms with van der Waals surface area (Å²) in [5, 5.41) is 14.8. The third-order valence-electron chi connectivity index (χ3n) is 3.34. The van der Waals surface area contributed by atoms with Crippen LogP contribution in [0.25, 0.3) is 0 Å². The van der Waals surface area contributed by atoms with Crippen molar-refractivity contribution in [3.8, 4) is 0 Å². The molecular formula is C18H20N2O4. The topological polar surface area (TPSA) is 87.7 Å². The van der Waals surface area contributed by atoms with Crippen LogP contribution in [-0.2, 0) is 4.74 Å². The summed E-state index contributed by atoms with van der Waals surface area (Å²) >= 11 is 0. The molecule has 0 aromatic heterocycles. The molecule has 0 radical (unpaired) electrons. The van der Waals surface area contributed by atoms with Crippen LogP contribution in [-0.4, -0.2) is 30.3 Å². The lowest BCUT2D eigenvalue weighted by atomic mass is 10.1. The Morgan fingerprint density at radius 2 is 1.75 bits per heavy atom. The number of urea groups is 1. The van der Waals surface area contributed by atoms with E-state index in [-0.39, 0.29) is 6.61 Å². The third-order valence-corrected chi connectivity index (χ3v) is 3.34. The van der Waals surface area contributed by atoms with Crippen molar-refractivity contribution in [3.63, 3.8) is 0 Å². The van der Waals surface area contributed by atoms with Crippen LogP contribution in [0.3, 0.4) is 0 Å². The molecule has 2 amide bonds. The fraction of sp³-hybridized carbons (Fsp3) is 0.222. The second kappa shape index (κ2) is 8.69. The lowest BCUT2D eigenvalue weighted by Crippen LogP contribution is -2.34. The van der Waals surface area contributed by atoms with Crippen molar-refractivity contribution in [2.45, 2.75) is 13.0 Å². The molecule has 2 rings (SSSR count). The van der Waals surface area contributed by atoms with E-state index in [2.05, 4.69) is 10.6 Å². The summed E-state index contributed by atoms with van der Waals surface area (Å²) < 4.78 is 4.90. The zero-order valence-corrected chi connectivity index (χ0v) is 13.4. The molecule has 0 saturated carbocycles. The lowest BCUT2D eigenvalue weighted by molar-refractivity contribution is 0.0526. The van der Waals surface area contributed by atoms with E-state index < -0.39 is 18.0 Å². The molecule has 0 bridgehead atoms. The molecule has 0 aliphatic rings. The predicted octanol–water partition coefficient (Wildman–Crippen LogP) is 2.72. The molecule has 1 atom stereocenters. The van der Waals surface area contributed by atoms with Crippen molar-refractivity contribution in [1.29, 1.82) is 0 Å². The summed E-state index contributed by atoms with van der Waals surface area (Å²) in [6, 6.07) is 14.6. The quantitative estimate of drug-likeness (QED) is 0.712. The van der Waals surface area contributed by atoms with Gasteiger partial charge in [0.15, 0.2) is 0 Å². The Labute approximate surface area is 140 Å². The first kappa shape index (κ1) is 17.5. The van der Waals surface area contributed by atoms with Crippen LogP contribution < -0.4 is 10.6 Å². The SMILES string of the molecule is CCOC(=O)c1ccc(NC(=O)N[C@H](CO)c2ccccc2)cc1. The van der Waals surface area contributed by atoms with Gasteiger partial charge in [0.25, 0.3) is 0 Å². The predicted molar refractivity (Wildman–Crippen MR) is 90.8 cm³/mol. The molecule has 24 heavy (non-hydrogen) atoms. The summed E-state index contributed by atoms with van der Waals surface area (Å²) in [6.45, 7) is 1.84. The largest absolute Gasteiger partial charge is 0.462 e. The molecule has 2 aromatic rings. The number of hydrogen-bond donors (Lipinski definition) is 3. The van der Waals surface area contributed by atoms with Gasteiger partial charge in [0, 0.05) is 5.69 Å². The van der Waals surface area contributed by atoms with Gasteiger partial charge in [-0.15, -0.1) is 0 Å². The minimum absolute atomic E-state index is 0.209. The number of ether oxygens (including phenoxy) is 1. The highest BCUT2D eigenvalue weighted by Crippen LogP contribution is 2.13. The number of rotatable bonds is 6. The Hall–Kier alpha value is -2.86. The average Bonchev–Trinajstić information content (AvgIpc) is 2.61. The maximum Gasteiger partial charge on any atom is 0.338 e. The van der Waals surface area contributed by atoms with Crippen molar-refractivity contribution in [1.82, 2.24) is 5.32 Å². The van der Waals surface area contributed by atoms with Gasteiger partial charge >= 0.3 is 12.0 Å². The molecule has 3 N–H and O–H groups in total. The van der Waals surface area contributed by atoms with Gasteiger partial charge in [-0.1, -0.05) is 30.3 Å². The summed E-state index contributed by atoms with van der Waals surface area (Å²) in [7, 11) is 0. The number of amides is 2. The van der Waals surface area contributed by atoms with Crippen LogP contribution in [0.5, 0.6) is 0 Å². The fourth-order valence-electron chi connectivity index (χ4n) is 2.15. The molecule has 0 heterocycles. The molecular weight excluding hydrogens is 308 g/mol. The molecule has 0 aliphatic heterocycles. The lowest BCUT2D eigenvalue weighted by Gasteiger charge is -2.17. The number of esters is 1. The maximum absolute atomic E-state index is 12.1. The zero-order chi connectivity index (χ0) is 17.4. The smallest absolute Gasteiger partial charge is 0.338 e. The maximum atomic E-state index is 12.1. The van der Waals surface area contributed by atoms with Gasteiger partial charge in [-0.05, 0) is 36.8 Å². The van der Waals surface area contributed by atoms with E-state index in [1.54, 1.807) is 31.2 Å². The molecule has 0 spiro atoms. The average molecular weight is 328 g/mol. The highest BCUT2D eigenvalue weighted by molar-refractivity contribution is 5.92. The second-order valence-electron chi connectivity index (χ2n) is 5.04. The van der Waals surface area contributed by atoms with E-state index in [9.17, 15) is 14.7 Å². The Kier molecular flexibility index (Phi) is 6.33. The number of carbonyl (C=O) groups excluding carboxylic acids is 2. The second-order valence-corrected chi connectivity index (χ2v) is 5.04. The van der Waals surface area contributed by atoms with Gasteiger partial charge < -0.3 is 20.5 Å². The number of benzene rings is 2. The number of carbonyl (C=O) groups is 2. The van der Waals surface area contributed by atoms with E-state index in [0.29, 0.717) is 17.9 Å². The first-order valence-electron chi connectivity index (χ1n) is 7.64. The fourth-order valence-corrected chi connectivity index (χ4v) is 2.15. The van der Waals surface area contributed by atoms with Crippen LogP contribution in [0.4, 0.5) is 10.5 Å². The van der Waals surface area contributed by atoms with Crippen molar-refractivity contribution < 1.29 is 19.4 Å². The van der Waals surface area contributed by atoms with E-state index in [0.717, 1.165) is 5.56 Å². The number of hydrogen-bond acceptors (Lipinski definition) is 4. The van der Waals surface area contributed by atoms with Gasteiger partial charge in [0.2, 0.25) is 0 Å². The molecule has 0 aliphatic carbocycles. The number of anilines is 1. The summed E-state index contributed by atoms with van der Waals surface area (Å²) in [5.74, 6) is -0.405. The molecule has 0 fully saturated rings. The Morgan fingerprint density at radius 1 is 1.08 bits per heavy atom. The van der Waals surface area contributed by atoms with Crippen molar-refractivity contribution in [2.24, 2.45) is 0 Å². The van der Waals surface area contributed by atoms with Crippen LogP contribution in [0.15, 0.2) is 54.6 Å². The number of aliphatic hydroxyl groups is 1. The van der Waals surface area contributed by atoms with Gasteiger partial charge in [0.05, 0.1) is 24.8 Å². The highest BCUT2D eigenvalue weighted by atomic mass is 16.5. The van der Waals surface area contributed by atoms with E-state index in [1.165, 1.54) is 0 Å². The summed E-state index contributed by atoms with van der Waals surface area (Å²) in [6.07, 6.45) is 0. The molecule has 6 heteroatoms. The van der Waals surface area contributed by atoms with Gasteiger partial charge in [0.1, 0.15) is 0 Å². The first-order chi connectivity index (χ1) is 11.6. The van der Waals surface area contributed by atoms with Crippen molar-refractivity contribution >= 4 is 17.7 Å². The van der Waals surface area contributed by atoms with Gasteiger partial charge in [-0.3, -0.25) is 0 Å². The van der Waals surface area contributed by atoms with Crippen LogP contribution in [0, 0.1) is 0 Å². The van der Waals surface area contributed by atoms with E-state index >= 15 is 0 Å². The summed E-state index contributed by atoms with van der Waals surface area (Å²) in [5.41, 5.74) is 1.76. The minimum atomic E-state index is -0.495. The Balaban J connectivity index is 1.95. The molecule has 6 nitrogen and oxygen atoms in total. The van der Waals surface area contributed by atoms with Crippen molar-refractivity contribution in [3.05, 3.63) is 65.7 Å². The van der Waals surface area contributed by atoms with Crippen molar-refractivity contribution in [2.75, 3.05) is 18.5 Å². The molecule has 0 unspecified atom stereocenters. The van der Waals surface area contributed by atoms with E-state index in [1.807, 2.05) is 30.3 Å². The zero-order valence-electron chi connectivity index (χ0n) is 13.4. The van der Waals surface area contributed by atoms with Crippen LogP contribution in [0.2, 0.25) is 0 Å². The van der Waals surface area contributed by atoms with Gasteiger partial charge in [-0.2, -0.15) is 0 Å². The monoisotopic (exact) mass is 328 g/mol. The van der Waals surface area contributed by atoms with Crippen LogP contribution in [0.1, 0.15) is 28.9 Å². The minimum Gasteiger partial charge on any atom is -0.462 e. The van der Waals surface area contributed by atoms with Gasteiger partial charge in [-0.25, -0.2) is 9.59 Å². The number of aliphatic hydroxyl groups excluding tert-OH is 1.